The molecular formula is C13H25NO3. The molecule has 4 heteroatoms. The molecule has 1 aliphatic carbocycles. The number of nitrogens with one attached hydrogen (secondary N) is 1. The molecule has 0 aromatic carbocycles. The molecule has 0 bridgehead atoms. The second-order valence-electron chi connectivity index (χ2n) is 5.92. The van der Waals surface area contributed by atoms with Gasteiger partial charge in [-0.3, -0.25) is 0 Å². The smallest absolute Gasteiger partial charge is 0.407 e. The van der Waals surface area contributed by atoms with Crippen LogP contribution in [0.5, 0.6) is 0 Å². The summed E-state index contributed by atoms with van der Waals surface area (Å²) >= 11 is 0. The van der Waals surface area contributed by atoms with Crippen molar-refractivity contribution < 1.29 is 14.6 Å². The number of aliphatic hydroxyl groups is 1. The number of aliphatic hydroxyl groups excluding tert-OH is 1. The quantitative estimate of drug-likeness (QED) is 0.732. The van der Waals surface area contributed by atoms with Crippen molar-refractivity contribution in [2.45, 2.75) is 64.6 Å². The highest BCUT2D eigenvalue weighted by Crippen LogP contribution is 2.22. The molecule has 100 valence electrons. The summed E-state index contributed by atoms with van der Waals surface area (Å²) in [6.07, 6.45) is 4.41. The molecule has 0 aromatic heterocycles. The highest BCUT2D eigenvalue weighted by atomic mass is 16.6. The van der Waals surface area contributed by atoms with Crippen molar-refractivity contribution in [2.24, 2.45) is 5.92 Å². The summed E-state index contributed by atoms with van der Waals surface area (Å²) in [5.74, 6) is 0.375. The van der Waals surface area contributed by atoms with E-state index in [2.05, 4.69) is 5.32 Å². The molecule has 0 saturated heterocycles. The molecule has 17 heavy (non-hydrogen) atoms. The topological polar surface area (TPSA) is 58.6 Å². The SMILES string of the molecule is CC(C)(C)OC(=O)NCC1CCCCC(O)C1. The van der Waals surface area contributed by atoms with E-state index in [4.69, 9.17) is 4.74 Å². The van der Waals surface area contributed by atoms with E-state index in [0.717, 1.165) is 32.1 Å². The zero-order valence-corrected chi connectivity index (χ0v) is 11.2. The molecule has 2 atom stereocenters. The van der Waals surface area contributed by atoms with Crippen LogP contribution < -0.4 is 5.32 Å². The fourth-order valence-electron chi connectivity index (χ4n) is 2.16. The average molecular weight is 243 g/mol. The average Bonchev–Trinajstić information content (AvgIpc) is 2.37. The lowest BCUT2D eigenvalue weighted by atomic mass is 9.99. The van der Waals surface area contributed by atoms with Crippen LogP contribution in [0.2, 0.25) is 0 Å². The summed E-state index contributed by atoms with van der Waals surface area (Å²) in [5.41, 5.74) is -0.451. The Kier molecular flexibility index (Phi) is 5.25. The number of rotatable bonds is 2. The highest BCUT2D eigenvalue weighted by Gasteiger charge is 2.20. The summed E-state index contributed by atoms with van der Waals surface area (Å²) in [6.45, 7) is 6.15. The van der Waals surface area contributed by atoms with E-state index in [-0.39, 0.29) is 12.2 Å². The minimum Gasteiger partial charge on any atom is -0.444 e. The third kappa shape index (κ3) is 6.51. The van der Waals surface area contributed by atoms with E-state index in [1.54, 1.807) is 0 Å². The number of amides is 1. The Morgan fingerprint density at radius 3 is 2.65 bits per heavy atom. The van der Waals surface area contributed by atoms with Crippen LogP contribution in [0.25, 0.3) is 0 Å². The Labute approximate surface area is 104 Å². The molecule has 1 amide bonds. The van der Waals surface area contributed by atoms with Gasteiger partial charge < -0.3 is 15.2 Å². The van der Waals surface area contributed by atoms with Gasteiger partial charge in [-0.1, -0.05) is 12.8 Å². The van der Waals surface area contributed by atoms with Crippen molar-refractivity contribution in [3.05, 3.63) is 0 Å². The fourth-order valence-corrected chi connectivity index (χ4v) is 2.16. The van der Waals surface area contributed by atoms with E-state index in [1.165, 1.54) is 0 Å². The predicted octanol–water partition coefficient (Wildman–Crippen LogP) is 2.45. The largest absolute Gasteiger partial charge is 0.444 e. The second-order valence-corrected chi connectivity index (χ2v) is 5.92. The van der Waals surface area contributed by atoms with Crippen LogP contribution in [0.15, 0.2) is 0 Å². The summed E-state index contributed by atoms with van der Waals surface area (Å²) in [6, 6.07) is 0. The molecular weight excluding hydrogens is 218 g/mol. The Morgan fingerprint density at radius 1 is 1.35 bits per heavy atom. The molecule has 0 aliphatic heterocycles. The second kappa shape index (κ2) is 6.24. The molecule has 0 radical (unpaired) electrons. The van der Waals surface area contributed by atoms with Crippen LogP contribution in [0.3, 0.4) is 0 Å². The summed E-state index contributed by atoms with van der Waals surface area (Å²) in [5, 5.41) is 12.5. The van der Waals surface area contributed by atoms with Crippen LogP contribution >= 0.6 is 0 Å². The number of carbonyl (C=O) groups is 1. The third-order valence-electron chi connectivity index (χ3n) is 2.94. The predicted molar refractivity (Wildman–Crippen MR) is 66.8 cm³/mol. The van der Waals surface area contributed by atoms with Gasteiger partial charge in [0.2, 0.25) is 0 Å². The summed E-state index contributed by atoms with van der Waals surface area (Å²) < 4.78 is 5.17. The van der Waals surface area contributed by atoms with E-state index >= 15 is 0 Å². The van der Waals surface area contributed by atoms with Gasteiger partial charge in [0.1, 0.15) is 5.60 Å². The van der Waals surface area contributed by atoms with Crippen LogP contribution in [-0.4, -0.2) is 29.4 Å². The zero-order chi connectivity index (χ0) is 12.9. The Morgan fingerprint density at radius 2 is 2.00 bits per heavy atom. The number of alkyl carbamates (subject to hydrolysis) is 1. The van der Waals surface area contributed by atoms with Crippen molar-refractivity contribution in [1.82, 2.24) is 5.32 Å². The molecule has 4 nitrogen and oxygen atoms in total. The number of carbonyl (C=O) groups excluding carboxylic acids is 1. The molecule has 1 aliphatic rings. The van der Waals surface area contributed by atoms with Crippen LogP contribution in [0.1, 0.15) is 52.9 Å². The van der Waals surface area contributed by atoms with Crippen molar-refractivity contribution in [2.75, 3.05) is 6.54 Å². The Balaban J connectivity index is 2.27. The molecule has 0 heterocycles. The molecule has 2 unspecified atom stereocenters. The molecule has 1 fully saturated rings. The molecule has 0 aromatic rings. The summed E-state index contributed by atoms with van der Waals surface area (Å²) in [4.78, 5) is 11.5. The van der Waals surface area contributed by atoms with Gasteiger partial charge in [0, 0.05) is 6.54 Å². The van der Waals surface area contributed by atoms with Crippen molar-refractivity contribution in [3.63, 3.8) is 0 Å². The first-order valence-electron chi connectivity index (χ1n) is 6.52. The van der Waals surface area contributed by atoms with E-state index < -0.39 is 5.60 Å². The lowest BCUT2D eigenvalue weighted by Gasteiger charge is -2.22. The maximum Gasteiger partial charge on any atom is 0.407 e. The van der Waals surface area contributed by atoms with Gasteiger partial charge in [0.05, 0.1) is 6.10 Å². The van der Waals surface area contributed by atoms with Crippen LogP contribution in [0.4, 0.5) is 4.79 Å². The van der Waals surface area contributed by atoms with Crippen LogP contribution in [-0.2, 0) is 4.74 Å². The van der Waals surface area contributed by atoms with Gasteiger partial charge in [-0.05, 0) is 46.0 Å². The minimum atomic E-state index is -0.451. The van der Waals surface area contributed by atoms with Crippen molar-refractivity contribution in [3.8, 4) is 0 Å². The first kappa shape index (κ1) is 14.3. The highest BCUT2D eigenvalue weighted by molar-refractivity contribution is 5.67. The number of ether oxygens (including phenoxy) is 1. The first-order valence-corrected chi connectivity index (χ1v) is 6.52. The van der Waals surface area contributed by atoms with Gasteiger partial charge in [-0.2, -0.15) is 0 Å². The normalized spacial score (nSPS) is 26.1. The Bertz CT molecular complexity index is 248. The van der Waals surface area contributed by atoms with Gasteiger partial charge in [-0.25, -0.2) is 4.79 Å². The summed E-state index contributed by atoms with van der Waals surface area (Å²) in [7, 11) is 0. The fraction of sp³-hybridized carbons (Fsp3) is 0.923. The lowest BCUT2D eigenvalue weighted by molar-refractivity contribution is 0.0510. The lowest BCUT2D eigenvalue weighted by Crippen LogP contribution is -2.35. The van der Waals surface area contributed by atoms with Crippen LogP contribution in [0, 0.1) is 5.92 Å². The van der Waals surface area contributed by atoms with E-state index in [0.29, 0.717) is 12.5 Å². The zero-order valence-electron chi connectivity index (χ0n) is 11.2. The standard InChI is InChI=1S/C13H25NO3/c1-13(2,3)17-12(16)14-9-10-6-4-5-7-11(15)8-10/h10-11,15H,4-9H2,1-3H3,(H,14,16). The van der Waals surface area contributed by atoms with Gasteiger partial charge in [-0.15, -0.1) is 0 Å². The van der Waals surface area contributed by atoms with Crippen molar-refractivity contribution in [1.29, 1.82) is 0 Å². The maximum atomic E-state index is 11.5. The molecule has 2 N–H and O–H groups in total. The van der Waals surface area contributed by atoms with Gasteiger partial charge >= 0.3 is 6.09 Å². The Hall–Kier alpha value is -0.770. The minimum absolute atomic E-state index is 0.206. The van der Waals surface area contributed by atoms with Crippen molar-refractivity contribution >= 4 is 6.09 Å². The maximum absolute atomic E-state index is 11.5. The van der Waals surface area contributed by atoms with E-state index in [9.17, 15) is 9.90 Å². The van der Waals surface area contributed by atoms with Gasteiger partial charge in [0.15, 0.2) is 0 Å². The van der Waals surface area contributed by atoms with E-state index in [1.807, 2.05) is 20.8 Å². The molecule has 1 rings (SSSR count). The monoisotopic (exact) mass is 243 g/mol. The first-order chi connectivity index (χ1) is 7.87. The number of hydrogen-bond donors (Lipinski definition) is 2. The molecule has 0 spiro atoms. The number of hydrogen-bond acceptors (Lipinski definition) is 3. The third-order valence-corrected chi connectivity index (χ3v) is 2.94. The molecule has 1 saturated carbocycles. The van der Waals surface area contributed by atoms with Gasteiger partial charge in [0.25, 0.3) is 0 Å².